The number of aryl methyl sites for hydroxylation is 1. The Morgan fingerprint density at radius 2 is 1.85 bits per heavy atom. The Kier molecular flexibility index (Phi) is 6.68. The largest absolute Gasteiger partial charge is 0.337 e. The van der Waals surface area contributed by atoms with Crippen LogP contribution in [0.25, 0.3) is 11.4 Å². The van der Waals surface area contributed by atoms with Crippen molar-refractivity contribution in [2.75, 3.05) is 12.8 Å². The number of halogens is 1. The maximum Gasteiger partial charge on any atom is 0.246 e. The molecule has 140 valence electrons. The Hall–Kier alpha value is -2.12. The number of carbonyl (C=O) groups is 1. The molecule has 0 saturated heterocycles. The number of thioether (sulfide) groups is 1. The highest BCUT2D eigenvalue weighted by Gasteiger charge is 2.14. The normalized spacial score (nSPS) is 10.8. The van der Waals surface area contributed by atoms with Gasteiger partial charge in [-0.15, -0.1) is 11.8 Å². The van der Waals surface area contributed by atoms with E-state index in [9.17, 15) is 4.79 Å². The van der Waals surface area contributed by atoms with Crippen LogP contribution < -0.4 is 0 Å². The minimum atomic E-state index is 0.0344. The molecule has 0 spiro atoms. The van der Waals surface area contributed by atoms with Gasteiger partial charge >= 0.3 is 0 Å². The summed E-state index contributed by atoms with van der Waals surface area (Å²) in [5, 5.41) is 4.00. The van der Waals surface area contributed by atoms with Crippen molar-refractivity contribution < 1.29 is 9.32 Å². The van der Waals surface area contributed by atoms with E-state index in [2.05, 4.69) is 38.2 Å². The van der Waals surface area contributed by atoms with Gasteiger partial charge in [0.1, 0.15) is 0 Å². The van der Waals surface area contributed by atoms with Crippen LogP contribution in [0.2, 0.25) is 0 Å². The van der Waals surface area contributed by atoms with Crippen LogP contribution in [0.5, 0.6) is 0 Å². The second-order valence-corrected chi connectivity index (χ2v) is 8.15. The molecule has 0 aliphatic heterocycles. The zero-order valence-corrected chi connectivity index (χ0v) is 17.6. The fourth-order valence-electron chi connectivity index (χ4n) is 2.38. The van der Waals surface area contributed by atoms with E-state index in [0.717, 1.165) is 15.8 Å². The van der Waals surface area contributed by atoms with Gasteiger partial charge in [-0.2, -0.15) is 4.98 Å². The first-order valence-electron chi connectivity index (χ1n) is 8.47. The molecule has 3 rings (SSSR count). The standard InChI is InChI=1S/C20H20BrN3O2S/c1-14-3-7-16(8-4-14)20-22-18(26-23-20)11-24(2)19(25)13-27-12-15-5-9-17(21)10-6-15/h3-10H,11-13H2,1-2H3. The molecule has 1 heterocycles. The Labute approximate surface area is 171 Å². The summed E-state index contributed by atoms with van der Waals surface area (Å²) >= 11 is 5.01. The first-order valence-corrected chi connectivity index (χ1v) is 10.4. The van der Waals surface area contributed by atoms with Crippen molar-refractivity contribution >= 4 is 33.6 Å². The monoisotopic (exact) mass is 445 g/mol. The Bertz CT molecular complexity index is 894. The first-order chi connectivity index (χ1) is 13.0. The number of benzene rings is 2. The van der Waals surface area contributed by atoms with Gasteiger partial charge in [0.2, 0.25) is 17.6 Å². The summed E-state index contributed by atoms with van der Waals surface area (Å²) in [7, 11) is 1.75. The fourth-order valence-corrected chi connectivity index (χ4v) is 3.57. The zero-order chi connectivity index (χ0) is 19.2. The molecule has 3 aromatic rings. The van der Waals surface area contributed by atoms with Crippen molar-refractivity contribution in [1.82, 2.24) is 15.0 Å². The maximum atomic E-state index is 12.3. The molecule has 0 bridgehead atoms. The van der Waals surface area contributed by atoms with E-state index in [0.29, 0.717) is 24.0 Å². The average molecular weight is 446 g/mol. The lowest BCUT2D eigenvalue weighted by Crippen LogP contribution is -2.28. The van der Waals surface area contributed by atoms with Gasteiger partial charge < -0.3 is 9.42 Å². The SMILES string of the molecule is Cc1ccc(-c2noc(CN(C)C(=O)CSCc3ccc(Br)cc3)n2)cc1. The predicted octanol–water partition coefficient (Wildman–Crippen LogP) is 4.70. The maximum absolute atomic E-state index is 12.3. The molecule has 0 aliphatic rings. The minimum absolute atomic E-state index is 0.0344. The lowest BCUT2D eigenvalue weighted by molar-refractivity contribution is -0.127. The van der Waals surface area contributed by atoms with Crippen molar-refractivity contribution in [3.05, 3.63) is 70.0 Å². The summed E-state index contributed by atoms with van der Waals surface area (Å²) in [4.78, 5) is 18.3. The van der Waals surface area contributed by atoms with E-state index in [4.69, 9.17) is 4.52 Å². The van der Waals surface area contributed by atoms with Crippen LogP contribution in [-0.2, 0) is 17.1 Å². The molecule has 0 fully saturated rings. The van der Waals surface area contributed by atoms with E-state index in [1.165, 1.54) is 11.1 Å². The van der Waals surface area contributed by atoms with Crippen LogP contribution in [-0.4, -0.2) is 33.7 Å². The summed E-state index contributed by atoms with van der Waals surface area (Å²) in [5.41, 5.74) is 3.27. The summed E-state index contributed by atoms with van der Waals surface area (Å²) in [6.07, 6.45) is 0. The molecule has 0 aliphatic carbocycles. The predicted molar refractivity (Wildman–Crippen MR) is 111 cm³/mol. The lowest BCUT2D eigenvalue weighted by atomic mass is 10.1. The molecule has 2 aromatic carbocycles. The van der Waals surface area contributed by atoms with Gasteiger partial charge in [-0.3, -0.25) is 4.79 Å². The molecule has 0 unspecified atom stereocenters. The van der Waals surface area contributed by atoms with Crippen LogP contribution in [0.1, 0.15) is 17.0 Å². The molecule has 27 heavy (non-hydrogen) atoms. The highest BCUT2D eigenvalue weighted by atomic mass is 79.9. The first kappa shape index (κ1) is 19.6. The molecule has 0 N–H and O–H groups in total. The van der Waals surface area contributed by atoms with E-state index >= 15 is 0 Å². The highest BCUT2D eigenvalue weighted by Crippen LogP contribution is 2.18. The summed E-state index contributed by atoms with van der Waals surface area (Å²) < 4.78 is 6.34. The van der Waals surface area contributed by atoms with Crippen molar-refractivity contribution in [3.63, 3.8) is 0 Å². The number of carbonyl (C=O) groups excluding carboxylic acids is 1. The van der Waals surface area contributed by atoms with Gasteiger partial charge in [0, 0.05) is 22.8 Å². The van der Waals surface area contributed by atoms with Gasteiger partial charge in [-0.05, 0) is 24.6 Å². The molecule has 0 atom stereocenters. The summed E-state index contributed by atoms with van der Waals surface area (Å²) in [5.74, 6) is 2.21. The van der Waals surface area contributed by atoms with Crippen molar-refractivity contribution in [2.24, 2.45) is 0 Å². The third-order valence-electron chi connectivity index (χ3n) is 3.98. The second-order valence-electron chi connectivity index (χ2n) is 6.25. The Morgan fingerprint density at radius 1 is 1.15 bits per heavy atom. The average Bonchev–Trinajstić information content (AvgIpc) is 3.12. The molecule has 1 amide bonds. The van der Waals surface area contributed by atoms with Crippen molar-refractivity contribution in [3.8, 4) is 11.4 Å². The molecule has 0 radical (unpaired) electrons. The number of rotatable bonds is 7. The summed E-state index contributed by atoms with van der Waals surface area (Å²) in [6, 6.07) is 16.0. The van der Waals surface area contributed by atoms with Gasteiger partial charge in [0.25, 0.3) is 0 Å². The second kappa shape index (κ2) is 9.19. The van der Waals surface area contributed by atoms with Crippen LogP contribution in [0.4, 0.5) is 0 Å². The lowest BCUT2D eigenvalue weighted by Gasteiger charge is -2.14. The minimum Gasteiger partial charge on any atom is -0.337 e. The number of amides is 1. The van der Waals surface area contributed by atoms with Crippen LogP contribution in [0.3, 0.4) is 0 Å². The molecule has 7 heteroatoms. The molecule has 1 aromatic heterocycles. The number of hydrogen-bond acceptors (Lipinski definition) is 5. The molecule has 0 saturated carbocycles. The Morgan fingerprint density at radius 3 is 2.56 bits per heavy atom. The van der Waals surface area contributed by atoms with Crippen LogP contribution >= 0.6 is 27.7 Å². The molecule has 5 nitrogen and oxygen atoms in total. The molecular formula is C20H20BrN3O2S. The van der Waals surface area contributed by atoms with E-state index in [-0.39, 0.29) is 5.91 Å². The topological polar surface area (TPSA) is 59.2 Å². The summed E-state index contributed by atoms with van der Waals surface area (Å²) in [6.45, 7) is 2.33. The van der Waals surface area contributed by atoms with Crippen molar-refractivity contribution in [1.29, 1.82) is 0 Å². The van der Waals surface area contributed by atoms with Crippen molar-refractivity contribution in [2.45, 2.75) is 19.2 Å². The van der Waals surface area contributed by atoms with Gasteiger partial charge in [-0.1, -0.05) is 63.0 Å². The van der Waals surface area contributed by atoms with E-state index < -0.39 is 0 Å². The fraction of sp³-hybridized carbons (Fsp3) is 0.250. The third-order valence-corrected chi connectivity index (χ3v) is 5.50. The van der Waals surface area contributed by atoms with E-state index in [1.54, 1.807) is 23.7 Å². The van der Waals surface area contributed by atoms with Gasteiger partial charge in [0.15, 0.2) is 0 Å². The molecular weight excluding hydrogens is 426 g/mol. The Balaban J connectivity index is 1.49. The quantitative estimate of drug-likeness (QED) is 0.527. The van der Waals surface area contributed by atoms with Crippen LogP contribution in [0.15, 0.2) is 57.5 Å². The smallest absolute Gasteiger partial charge is 0.246 e. The van der Waals surface area contributed by atoms with Crippen LogP contribution in [0, 0.1) is 6.92 Å². The third kappa shape index (κ3) is 5.68. The number of aromatic nitrogens is 2. The van der Waals surface area contributed by atoms with Gasteiger partial charge in [0.05, 0.1) is 12.3 Å². The van der Waals surface area contributed by atoms with Gasteiger partial charge in [-0.25, -0.2) is 0 Å². The number of nitrogens with zero attached hydrogens (tertiary/aromatic N) is 3. The zero-order valence-electron chi connectivity index (χ0n) is 15.2. The number of hydrogen-bond donors (Lipinski definition) is 0. The highest BCUT2D eigenvalue weighted by molar-refractivity contribution is 9.10. The van der Waals surface area contributed by atoms with E-state index in [1.807, 2.05) is 43.3 Å².